The fraction of sp³-hybridized carbons (Fsp3) is 0.350. The van der Waals surface area contributed by atoms with Gasteiger partial charge in [-0.05, 0) is 42.0 Å². The van der Waals surface area contributed by atoms with E-state index >= 15 is 0 Å². The molecule has 1 amide bonds. The first-order valence-corrected chi connectivity index (χ1v) is 8.92. The number of halogens is 3. The molecule has 0 bridgehead atoms. The number of hydrogen-bond acceptors (Lipinski definition) is 4. The van der Waals surface area contributed by atoms with Gasteiger partial charge in [-0.15, -0.1) is 0 Å². The quantitative estimate of drug-likeness (QED) is 0.788. The maximum Gasteiger partial charge on any atom is 0.416 e. The molecule has 0 spiro atoms. The van der Waals surface area contributed by atoms with Crippen molar-refractivity contribution in [2.45, 2.75) is 25.2 Å². The summed E-state index contributed by atoms with van der Waals surface area (Å²) in [5, 5.41) is 6.08. The summed E-state index contributed by atoms with van der Waals surface area (Å²) in [5.74, 6) is 0.753. The number of ether oxygens (including phenoxy) is 2. The number of nitrogens with one attached hydrogen (secondary N) is 2. The Morgan fingerprint density at radius 1 is 1.11 bits per heavy atom. The summed E-state index contributed by atoms with van der Waals surface area (Å²) in [6, 6.07) is 11.5. The summed E-state index contributed by atoms with van der Waals surface area (Å²) in [4.78, 5) is 12.0. The Kier molecular flexibility index (Phi) is 6.53. The molecule has 150 valence electrons. The number of morpholine rings is 1. The Labute approximate surface area is 160 Å². The minimum Gasteiger partial charge on any atom is -0.457 e. The average Bonchev–Trinajstić information content (AvgIpc) is 2.68. The summed E-state index contributed by atoms with van der Waals surface area (Å²) in [7, 11) is 0. The molecule has 1 heterocycles. The third-order valence-corrected chi connectivity index (χ3v) is 4.26. The molecule has 0 aromatic heterocycles. The molecular weight excluding hydrogens is 373 g/mol. The Morgan fingerprint density at radius 2 is 1.75 bits per heavy atom. The van der Waals surface area contributed by atoms with E-state index in [0.717, 1.165) is 24.2 Å². The molecule has 1 aliphatic heterocycles. The van der Waals surface area contributed by atoms with Gasteiger partial charge >= 0.3 is 6.18 Å². The van der Waals surface area contributed by atoms with E-state index in [0.29, 0.717) is 37.7 Å². The number of benzene rings is 2. The Morgan fingerprint density at radius 3 is 2.32 bits per heavy atom. The summed E-state index contributed by atoms with van der Waals surface area (Å²) in [5.41, 5.74) is 0.168. The summed E-state index contributed by atoms with van der Waals surface area (Å²) < 4.78 is 48.6. The van der Waals surface area contributed by atoms with E-state index in [9.17, 15) is 18.0 Å². The van der Waals surface area contributed by atoms with E-state index in [4.69, 9.17) is 9.47 Å². The second-order valence-corrected chi connectivity index (χ2v) is 6.47. The largest absolute Gasteiger partial charge is 0.457 e. The van der Waals surface area contributed by atoms with E-state index in [2.05, 4.69) is 10.6 Å². The molecule has 1 saturated heterocycles. The van der Waals surface area contributed by atoms with Crippen LogP contribution in [0.5, 0.6) is 11.5 Å². The maximum atomic E-state index is 12.6. The zero-order valence-corrected chi connectivity index (χ0v) is 15.1. The van der Waals surface area contributed by atoms with Gasteiger partial charge in [-0.1, -0.05) is 12.1 Å². The van der Waals surface area contributed by atoms with Gasteiger partial charge in [0.25, 0.3) is 0 Å². The molecule has 28 heavy (non-hydrogen) atoms. The molecule has 1 aliphatic rings. The van der Waals surface area contributed by atoms with Crippen molar-refractivity contribution in [1.82, 2.24) is 10.6 Å². The van der Waals surface area contributed by atoms with Crippen LogP contribution in [0.2, 0.25) is 0 Å². The van der Waals surface area contributed by atoms with Crippen LogP contribution in [0.1, 0.15) is 17.5 Å². The van der Waals surface area contributed by atoms with Crippen LogP contribution in [0.4, 0.5) is 13.2 Å². The summed E-state index contributed by atoms with van der Waals surface area (Å²) >= 11 is 0. The maximum absolute atomic E-state index is 12.6. The fourth-order valence-corrected chi connectivity index (χ4v) is 2.77. The predicted molar refractivity (Wildman–Crippen MR) is 97.0 cm³/mol. The predicted octanol–water partition coefficient (Wildman–Crippen LogP) is 3.49. The summed E-state index contributed by atoms with van der Waals surface area (Å²) in [6.45, 7) is 2.33. The highest BCUT2D eigenvalue weighted by Crippen LogP contribution is 2.31. The van der Waals surface area contributed by atoms with Crippen LogP contribution < -0.4 is 15.4 Å². The van der Waals surface area contributed by atoms with E-state index in [1.807, 2.05) is 0 Å². The second kappa shape index (κ2) is 9.07. The highest BCUT2D eigenvalue weighted by atomic mass is 19.4. The van der Waals surface area contributed by atoms with Gasteiger partial charge in [0.2, 0.25) is 5.91 Å². The lowest BCUT2D eigenvalue weighted by Crippen LogP contribution is -2.44. The van der Waals surface area contributed by atoms with Gasteiger partial charge in [-0.2, -0.15) is 13.2 Å². The first kappa shape index (κ1) is 20.2. The summed E-state index contributed by atoms with van der Waals surface area (Å²) in [6.07, 6.45) is -4.01. The van der Waals surface area contributed by atoms with Gasteiger partial charge in [0.1, 0.15) is 11.5 Å². The van der Waals surface area contributed by atoms with Crippen LogP contribution in [-0.2, 0) is 22.3 Å². The standard InChI is InChI=1S/C20H21F3N2O3/c21-20(22,23)15-3-7-18(8-4-15)28-17-5-1-14(2-6-17)12-25-19(26)11-16-13-27-10-9-24-16/h1-8,16,24H,9-13H2,(H,25,26). The van der Waals surface area contributed by atoms with Crippen molar-refractivity contribution in [1.29, 1.82) is 0 Å². The third kappa shape index (κ3) is 5.97. The molecule has 2 N–H and O–H groups in total. The van der Waals surface area contributed by atoms with Crippen LogP contribution in [0.25, 0.3) is 0 Å². The Hall–Kier alpha value is -2.58. The van der Waals surface area contributed by atoms with Crippen molar-refractivity contribution in [2.24, 2.45) is 0 Å². The van der Waals surface area contributed by atoms with Crippen molar-refractivity contribution in [3.8, 4) is 11.5 Å². The van der Waals surface area contributed by atoms with Crippen molar-refractivity contribution >= 4 is 5.91 Å². The lowest BCUT2D eigenvalue weighted by Gasteiger charge is -2.23. The number of rotatable bonds is 6. The van der Waals surface area contributed by atoms with Gasteiger partial charge in [0.15, 0.2) is 0 Å². The van der Waals surface area contributed by atoms with E-state index in [-0.39, 0.29) is 11.9 Å². The van der Waals surface area contributed by atoms with Gasteiger partial charge in [0, 0.05) is 25.6 Å². The molecule has 1 atom stereocenters. The number of carbonyl (C=O) groups excluding carboxylic acids is 1. The van der Waals surface area contributed by atoms with Crippen molar-refractivity contribution in [3.05, 3.63) is 59.7 Å². The molecule has 2 aromatic rings. The van der Waals surface area contributed by atoms with Gasteiger partial charge in [-0.3, -0.25) is 4.79 Å². The van der Waals surface area contributed by atoms with Crippen molar-refractivity contribution in [2.75, 3.05) is 19.8 Å². The number of alkyl halides is 3. The smallest absolute Gasteiger partial charge is 0.416 e. The molecule has 1 unspecified atom stereocenters. The molecule has 3 rings (SSSR count). The van der Waals surface area contributed by atoms with Crippen molar-refractivity contribution in [3.63, 3.8) is 0 Å². The Balaban J connectivity index is 1.47. The molecule has 0 radical (unpaired) electrons. The van der Waals surface area contributed by atoms with Crippen LogP contribution in [0.15, 0.2) is 48.5 Å². The second-order valence-electron chi connectivity index (χ2n) is 6.47. The Bertz CT molecular complexity index is 771. The minimum absolute atomic E-state index is 0.0354. The zero-order valence-electron chi connectivity index (χ0n) is 15.1. The van der Waals surface area contributed by atoms with Crippen LogP contribution in [0.3, 0.4) is 0 Å². The minimum atomic E-state index is -4.37. The van der Waals surface area contributed by atoms with E-state index in [1.165, 1.54) is 12.1 Å². The first-order valence-electron chi connectivity index (χ1n) is 8.92. The van der Waals surface area contributed by atoms with Crippen LogP contribution >= 0.6 is 0 Å². The highest BCUT2D eigenvalue weighted by Gasteiger charge is 2.30. The SMILES string of the molecule is O=C(CC1COCCN1)NCc1ccc(Oc2ccc(C(F)(F)F)cc2)cc1. The highest BCUT2D eigenvalue weighted by molar-refractivity contribution is 5.76. The van der Waals surface area contributed by atoms with E-state index < -0.39 is 11.7 Å². The molecular formula is C20H21F3N2O3. The van der Waals surface area contributed by atoms with E-state index in [1.54, 1.807) is 24.3 Å². The van der Waals surface area contributed by atoms with Gasteiger partial charge in [0.05, 0.1) is 18.8 Å². The van der Waals surface area contributed by atoms with Crippen LogP contribution in [-0.4, -0.2) is 31.7 Å². The van der Waals surface area contributed by atoms with Crippen molar-refractivity contribution < 1.29 is 27.4 Å². The molecule has 1 fully saturated rings. The number of carbonyl (C=O) groups is 1. The molecule has 8 heteroatoms. The van der Waals surface area contributed by atoms with Crippen LogP contribution in [0, 0.1) is 0 Å². The third-order valence-electron chi connectivity index (χ3n) is 4.26. The monoisotopic (exact) mass is 394 g/mol. The lowest BCUT2D eigenvalue weighted by atomic mass is 10.1. The zero-order chi connectivity index (χ0) is 20.0. The molecule has 5 nitrogen and oxygen atoms in total. The normalized spacial score (nSPS) is 17.2. The number of hydrogen-bond donors (Lipinski definition) is 2. The fourth-order valence-electron chi connectivity index (χ4n) is 2.77. The first-order chi connectivity index (χ1) is 13.4. The molecule has 0 saturated carbocycles. The lowest BCUT2D eigenvalue weighted by molar-refractivity contribution is -0.137. The molecule has 2 aromatic carbocycles. The number of amides is 1. The average molecular weight is 394 g/mol. The topological polar surface area (TPSA) is 59.6 Å². The van der Waals surface area contributed by atoms with Gasteiger partial charge < -0.3 is 20.1 Å². The molecule has 0 aliphatic carbocycles. The van der Waals surface area contributed by atoms with Gasteiger partial charge in [-0.25, -0.2) is 0 Å².